The molecule has 3 aliphatic rings. The fourth-order valence-corrected chi connectivity index (χ4v) is 5.95. The summed E-state index contributed by atoms with van der Waals surface area (Å²) in [6.07, 6.45) is 7.68. The molecule has 1 N–H and O–H groups in total. The summed E-state index contributed by atoms with van der Waals surface area (Å²) in [5.41, 5.74) is 0.633. The maximum absolute atomic E-state index is 13.3. The van der Waals surface area contributed by atoms with E-state index in [0.29, 0.717) is 30.3 Å². The third-order valence-electron chi connectivity index (χ3n) is 6.79. The van der Waals surface area contributed by atoms with Gasteiger partial charge in [0.2, 0.25) is 0 Å². The molecule has 1 saturated carbocycles. The topological polar surface area (TPSA) is 72.9 Å². The number of nitrogens with one attached hydrogen (secondary N) is 1. The third-order valence-corrected chi connectivity index (χ3v) is 7.80. The molecule has 2 aliphatic heterocycles. The Bertz CT molecular complexity index is 974. The first kappa shape index (κ1) is 22.5. The Balaban J connectivity index is 1.30. The van der Waals surface area contributed by atoms with Crippen LogP contribution in [-0.2, 0) is 4.74 Å². The van der Waals surface area contributed by atoms with Gasteiger partial charge in [-0.3, -0.25) is 9.69 Å². The van der Waals surface area contributed by atoms with Crippen LogP contribution in [0.5, 0.6) is 11.5 Å². The van der Waals surface area contributed by atoms with Crippen molar-refractivity contribution in [2.24, 2.45) is 0 Å². The van der Waals surface area contributed by atoms with Crippen molar-refractivity contribution < 1.29 is 19.0 Å². The van der Waals surface area contributed by atoms with E-state index in [1.165, 1.54) is 31.0 Å². The Hall–Kier alpha value is -2.29. The van der Waals surface area contributed by atoms with Crippen molar-refractivity contribution in [3.05, 3.63) is 42.1 Å². The second-order valence-corrected chi connectivity index (χ2v) is 9.89. The zero-order valence-corrected chi connectivity index (χ0v) is 19.7. The lowest BCUT2D eigenvalue weighted by Gasteiger charge is -2.48. The third kappa shape index (κ3) is 5.13. The lowest BCUT2D eigenvalue weighted by molar-refractivity contribution is -0.0361. The molecule has 1 saturated heterocycles. The van der Waals surface area contributed by atoms with Crippen molar-refractivity contribution in [2.45, 2.75) is 47.6 Å². The predicted octanol–water partition coefficient (Wildman–Crippen LogP) is 3.77. The molecule has 2 aromatic rings. The second kappa shape index (κ2) is 10.3. The van der Waals surface area contributed by atoms with Gasteiger partial charge >= 0.3 is 0 Å². The summed E-state index contributed by atoms with van der Waals surface area (Å²) in [4.78, 5) is 21.3. The first-order valence-electron chi connectivity index (χ1n) is 11.9. The smallest absolute Gasteiger partial charge is 0.254 e. The van der Waals surface area contributed by atoms with Crippen LogP contribution < -0.4 is 14.8 Å². The number of amides is 1. The number of hydrogen-bond donors (Lipinski definition) is 1. The molecule has 0 bridgehead atoms. The molecular formula is C25H31N3O4S. The van der Waals surface area contributed by atoms with E-state index in [-0.39, 0.29) is 11.4 Å². The molecule has 8 heteroatoms. The second-order valence-electron chi connectivity index (χ2n) is 8.83. The summed E-state index contributed by atoms with van der Waals surface area (Å²) < 4.78 is 16.9. The van der Waals surface area contributed by atoms with E-state index < -0.39 is 0 Å². The fourth-order valence-electron chi connectivity index (χ4n) is 5.04. The van der Waals surface area contributed by atoms with Gasteiger partial charge in [0.05, 0.1) is 18.8 Å². The number of ether oxygens (including phenoxy) is 3. The number of carbonyl (C=O) groups excluding carboxylic acids is 1. The normalized spacial score (nSPS) is 20.2. The van der Waals surface area contributed by atoms with Gasteiger partial charge in [-0.15, -0.1) is 0 Å². The minimum Gasteiger partial charge on any atom is -0.486 e. The number of pyridine rings is 1. The van der Waals surface area contributed by atoms with Gasteiger partial charge in [-0.2, -0.15) is 0 Å². The first-order valence-corrected chi connectivity index (χ1v) is 12.7. The van der Waals surface area contributed by atoms with Crippen LogP contribution in [-0.4, -0.2) is 67.4 Å². The maximum Gasteiger partial charge on any atom is 0.254 e. The highest BCUT2D eigenvalue weighted by molar-refractivity contribution is 7.99. The molecule has 1 aliphatic carbocycles. The summed E-state index contributed by atoms with van der Waals surface area (Å²) in [5, 5.41) is 3.95. The number of nitrogens with zero attached hydrogens (tertiary/aromatic N) is 2. The summed E-state index contributed by atoms with van der Waals surface area (Å²) in [6.45, 7) is 5.19. The van der Waals surface area contributed by atoms with Crippen molar-refractivity contribution in [1.82, 2.24) is 15.2 Å². The van der Waals surface area contributed by atoms with Crippen molar-refractivity contribution >= 4 is 17.7 Å². The molecule has 33 heavy (non-hydrogen) atoms. The van der Waals surface area contributed by atoms with Gasteiger partial charge in [-0.05, 0) is 43.2 Å². The molecule has 1 aromatic heterocycles. The summed E-state index contributed by atoms with van der Waals surface area (Å²) in [5.74, 6) is 1.42. The largest absolute Gasteiger partial charge is 0.486 e. The first-order chi connectivity index (χ1) is 16.2. The van der Waals surface area contributed by atoms with Gasteiger partial charge in [0.25, 0.3) is 5.91 Å². The molecule has 0 radical (unpaired) electrons. The highest BCUT2D eigenvalue weighted by atomic mass is 32.2. The van der Waals surface area contributed by atoms with Crippen LogP contribution in [0, 0.1) is 0 Å². The van der Waals surface area contributed by atoms with Crippen molar-refractivity contribution in [2.75, 3.05) is 46.1 Å². The van der Waals surface area contributed by atoms with Gasteiger partial charge < -0.3 is 19.5 Å². The van der Waals surface area contributed by atoms with E-state index in [1.54, 1.807) is 6.20 Å². The number of carbonyl (C=O) groups is 1. The zero-order chi connectivity index (χ0) is 22.5. The van der Waals surface area contributed by atoms with E-state index in [0.717, 1.165) is 55.5 Å². The van der Waals surface area contributed by atoms with Crippen molar-refractivity contribution in [3.8, 4) is 11.5 Å². The lowest BCUT2D eigenvalue weighted by atomic mass is 9.79. The molecular weight excluding hydrogens is 438 g/mol. The highest BCUT2D eigenvalue weighted by Gasteiger charge is 2.39. The Morgan fingerprint density at radius 3 is 2.64 bits per heavy atom. The van der Waals surface area contributed by atoms with Crippen LogP contribution in [0.3, 0.4) is 0 Å². The van der Waals surface area contributed by atoms with Crippen LogP contribution in [0.25, 0.3) is 0 Å². The van der Waals surface area contributed by atoms with Gasteiger partial charge in [0.1, 0.15) is 18.2 Å². The minimum absolute atomic E-state index is 0.0308. The average molecular weight is 470 g/mol. The molecule has 176 valence electrons. The van der Waals surface area contributed by atoms with E-state index in [2.05, 4.69) is 15.2 Å². The number of morpholine rings is 1. The lowest BCUT2D eigenvalue weighted by Crippen LogP contribution is -2.59. The van der Waals surface area contributed by atoms with Gasteiger partial charge in [-0.25, -0.2) is 4.98 Å². The fraction of sp³-hybridized carbons (Fsp3) is 0.520. The van der Waals surface area contributed by atoms with Crippen molar-refractivity contribution in [1.29, 1.82) is 0 Å². The summed E-state index contributed by atoms with van der Waals surface area (Å²) in [6, 6.07) is 9.51. The average Bonchev–Trinajstić information content (AvgIpc) is 2.89. The van der Waals surface area contributed by atoms with Gasteiger partial charge in [-0.1, -0.05) is 31.0 Å². The molecule has 2 fully saturated rings. The molecule has 3 heterocycles. The molecule has 0 spiro atoms. The van der Waals surface area contributed by atoms with Crippen LogP contribution in [0.2, 0.25) is 0 Å². The summed E-state index contributed by atoms with van der Waals surface area (Å²) in [7, 11) is 0. The highest BCUT2D eigenvalue weighted by Crippen LogP contribution is 2.37. The number of aromatic nitrogens is 1. The minimum atomic E-state index is -0.0682. The Morgan fingerprint density at radius 1 is 1.03 bits per heavy atom. The number of rotatable bonds is 6. The number of benzene rings is 1. The Kier molecular flexibility index (Phi) is 7.04. The molecule has 7 nitrogen and oxygen atoms in total. The maximum atomic E-state index is 13.3. The SMILES string of the molecule is O=C(NCC1(N2CCOCC2)CCCCC1)c1cccnc1Sc1ccc2c(c1)OCCO2. The van der Waals surface area contributed by atoms with E-state index in [9.17, 15) is 4.79 Å². The monoisotopic (exact) mass is 469 g/mol. The van der Waals surface area contributed by atoms with Crippen LogP contribution in [0.15, 0.2) is 46.5 Å². The van der Waals surface area contributed by atoms with Gasteiger partial charge in [0.15, 0.2) is 11.5 Å². The quantitative estimate of drug-likeness (QED) is 0.690. The van der Waals surface area contributed by atoms with E-state index >= 15 is 0 Å². The van der Waals surface area contributed by atoms with E-state index in [4.69, 9.17) is 14.2 Å². The standard InChI is InChI=1S/C25H31N3O4S/c29-23(27-18-25(8-2-1-3-9-25)28-11-13-30-14-12-28)20-5-4-10-26-24(20)33-19-6-7-21-22(17-19)32-16-15-31-21/h4-7,10,17H,1-3,8-9,11-16,18H2,(H,27,29). The Morgan fingerprint density at radius 2 is 1.82 bits per heavy atom. The zero-order valence-electron chi connectivity index (χ0n) is 18.9. The predicted molar refractivity (Wildman–Crippen MR) is 126 cm³/mol. The molecule has 1 amide bonds. The summed E-state index contributed by atoms with van der Waals surface area (Å²) >= 11 is 1.47. The molecule has 0 atom stereocenters. The van der Waals surface area contributed by atoms with Crippen LogP contribution in [0.1, 0.15) is 42.5 Å². The number of fused-ring (bicyclic) bond motifs is 1. The van der Waals surface area contributed by atoms with Crippen molar-refractivity contribution in [3.63, 3.8) is 0 Å². The van der Waals surface area contributed by atoms with E-state index in [1.807, 2.05) is 30.3 Å². The van der Waals surface area contributed by atoms with Crippen LogP contribution >= 0.6 is 11.8 Å². The molecule has 0 unspecified atom stereocenters. The molecule has 1 aromatic carbocycles. The van der Waals surface area contributed by atoms with Crippen LogP contribution in [0.4, 0.5) is 0 Å². The van der Waals surface area contributed by atoms with Gasteiger partial charge in [0, 0.05) is 36.3 Å². The molecule has 5 rings (SSSR count). The Labute approximate surface area is 199 Å². The number of hydrogen-bond acceptors (Lipinski definition) is 7.